The van der Waals surface area contributed by atoms with Gasteiger partial charge in [0, 0.05) is 19.5 Å². The summed E-state index contributed by atoms with van der Waals surface area (Å²) in [4.78, 5) is 4.10. The maximum Gasteiger partial charge on any atom is 0.138 e. The summed E-state index contributed by atoms with van der Waals surface area (Å²) >= 11 is 0. The van der Waals surface area contributed by atoms with E-state index in [4.69, 9.17) is 5.73 Å². The summed E-state index contributed by atoms with van der Waals surface area (Å²) in [5, 5.41) is 14.2. The maximum atomic E-state index is 10.2. The molecular weight excluding hydrogens is 180 g/mol. The van der Waals surface area contributed by atoms with E-state index in [1.54, 1.807) is 4.68 Å². The Kier molecular flexibility index (Phi) is 2.28. The molecule has 14 heavy (non-hydrogen) atoms. The molecule has 0 radical (unpaired) electrons. The van der Waals surface area contributed by atoms with E-state index in [0.29, 0.717) is 12.8 Å². The quantitative estimate of drug-likeness (QED) is 0.674. The van der Waals surface area contributed by atoms with Crippen molar-refractivity contribution in [3.05, 3.63) is 12.2 Å². The second-order valence-electron chi connectivity index (χ2n) is 4.20. The summed E-state index contributed by atoms with van der Waals surface area (Å²) in [7, 11) is 1.83. The third kappa shape index (κ3) is 1.78. The summed E-state index contributed by atoms with van der Waals surface area (Å²) in [6.07, 6.45) is 4.39. The highest BCUT2D eigenvalue weighted by atomic mass is 16.3. The van der Waals surface area contributed by atoms with Crippen LogP contribution < -0.4 is 5.73 Å². The zero-order valence-corrected chi connectivity index (χ0v) is 8.35. The Labute approximate surface area is 82.9 Å². The van der Waals surface area contributed by atoms with E-state index in [1.807, 2.05) is 7.05 Å². The molecule has 2 unspecified atom stereocenters. The molecule has 0 aliphatic heterocycles. The number of aryl methyl sites for hydroxylation is 1. The SMILES string of the molecule is Cn1ncnc1CC1(O)CCC(N)C1. The van der Waals surface area contributed by atoms with Crippen LogP contribution in [0.3, 0.4) is 0 Å². The minimum absolute atomic E-state index is 0.133. The van der Waals surface area contributed by atoms with Crippen molar-refractivity contribution in [1.82, 2.24) is 14.8 Å². The molecule has 1 aromatic heterocycles. The van der Waals surface area contributed by atoms with E-state index >= 15 is 0 Å². The minimum atomic E-state index is -0.666. The van der Waals surface area contributed by atoms with Gasteiger partial charge < -0.3 is 10.8 Å². The zero-order chi connectivity index (χ0) is 10.2. The summed E-state index contributed by atoms with van der Waals surface area (Å²) < 4.78 is 1.70. The molecule has 1 aliphatic rings. The molecule has 1 saturated carbocycles. The summed E-state index contributed by atoms with van der Waals surface area (Å²) in [6, 6.07) is 0.133. The van der Waals surface area contributed by atoms with Crippen molar-refractivity contribution < 1.29 is 5.11 Å². The molecule has 0 saturated heterocycles. The molecule has 2 rings (SSSR count). The van der Waals surface area contributed by atoms with Gasteiger partial charge in [-0.2, -0.15) is 5.10 Å². The molecule has 5 nitrogen and oxygen atoms in total. The van der Waals surface area contributed by atoms with E-state index in [9.17, 15) is 5.11 Å². The third-order valence-corrected chi connectivity index (χ3v) is 2.91. The van der Waals surface area contributed by atoms with Gasteiger partial charge in [-0.05, 0) is 19.3 Å². The average Bonchev–Trinajstić information content (AvgIpc) is 2.62. The first-order chi connectivity index (χ1) is 6.59. The van der Waals surface area contributed by atoms with Crippen LogP contribution in [0.4, 0.5) is 0 Å². The number of hydrogen-bond donors (Lipinski definition) is 2. The molecule has 0 aromatic carbocycles. The monoisotopic (exact) mass is 196 g/mol. The lowest BCUT2D eigenvalue weighted by Gasteiger charge is -2.21. The minimum Gasteiger partial charge on any atom is -0.389 e. The van der Waals surface area contributed by atoms with Gasteiger partial charge in [0.1, 0.15) is 12.2 Å². The molecule has 78 valence electrons. The van der Waals surface area contributed by atoms with E-state index in [1.165, 1.54) is 6.33 Å². The fourth-order valence-corrected chi connectivity index (χ4v) is 2.08. The molecule has 1 aromatic rings. The van der Waals surface area contributed by atoms with Crippen molar-refractivity contribution in [2.75, 3.05) is 0 Å². The molecule has 2 atom stereocenters. The molecular formula is C9H16N4O. The van der Waals surface area contributed by atoms with Gasteiger partial charge in [-0.1, -0.05) is 0 Å². The lowest BCUT2D eigenvalue weighted by atomic mass is 9.97. The van der Waals surface area contributed by atoms with Gasteiger partial charge in [-0.15, -0.1) is 0 Å². The number of hydrogen-bond acceptors (Lipinski definition) is 4. The van der Waals surface area contributed by atoms with Crippen LogP contribution in [0.2, 0.25) is 0 Å². The summed E-state index contributed by atoms with van der Waals surface area (Å²) in [5.41, 5.74) is 5.11. The topological polar surface area (TPSA) is 77.0 Å². The number of aromatic nitrogens is 3. The van der Waals surface area contributed by atoms with Crippen LogP contribution in [0.15, 0.2) is 6.33 Å². The molecule has 1 heterocycles. The van der Waals surface area contributed by atoms with E-state index < -0.39 is 5.60 Å². The first-order valence-corrected chi connectivity index (χ1v) is 4.90. The normalized spacial score (nSPS) is 32.4. The van der Waals surface area contributed by atoms with E-state index in [0.717, 1.165) is 18.7 Å². The summed E-state index contributed by atoms with van der Waals surface area (Å²) in [5.74, 6) is 0.821. The van der Waals surface area contributed by atoms with Gasteiger partial charge in [0.25, 0.3) is 0 Å². The number of rotatable bonds is 2. The summed E-state index contributed by atoms with van der Waals surface area (Å²) in [6.45, 7) is 0. The maximum absolute atomic E-state index is 10.2. The first kappa shape index (κ1) is 9.61. The van der Waals surface area contributed by atoms with Crippen LogP contribution in [-0.2, 0) is 13.5 Å². The standard InChI is InChI=1S/C9H16N4O/c1-13-8(11-6-12-13)5-9(14)3-2-7(10)4-9/h6-7,14H,2-5,10H2,1H3. The van der Waals surface area contributed by atoms with Crippen molar-refractivity contribution in [3.63, 3.8) is 0 Å². The number of nitrogens with two attached hydrogens (primary N) is 1. The van der Waals surface area contributed by atoms with Crippen LogP contribution in [0, 0.1) is 0 Å². The van der Waals surface area contributed by atoms with Crippen LogP contribution in [0.1, 0.15) is 25.1 Å². The Balaban J connectivity index is 2.07. The van der Waals surface area contributed by atoms with Gasteiger partial charge in [-0.3, -0.25) is 4.68 Å². The smallest absolute Gasteiger partial charge is 0.138 e. The molecule has 3 N–H and O–H groups in total. The largest absolute Gasteiger partial charge is 0.389 e. The highest BCUT2D eigenvalue weighted by Gasteiger charge is 2.36. The molecule has 1 fully saturated rings. The van der Waals surface area contributed by atoms with E-state index in [-0.39, 0.29) is 6.04 Å². The number of aliphatic hydroxyl groups is 1. The average molecular weight is 196 g/mol. The van der Waals surface area contributed by atoms with Gasteiger partial charge in [0.15, 0.2) is 0 Å². The number of nitrogens with zero attached hydrogens (tertiary/aromatic N) is 3. The van der Waals surface area contributed by atoms with Gasteiger partial charge in [-0.25, -0.2) is 4.98 Å². The fourth-order valence-electron chi connectivity index (χ4n) is 2.08. The van der Waals surface area contributed by atoms with Crippen LogP contribution in [0.5, 0.6) is 0 Å². The predicted octanol–water partition coefficient (Wildman–Crippen LogP) is -0.400. The molecule has 0 amide bonds. The second-order valence-corrected chi connectivity index (χ2v) is 4.20. The highest BCUT2D eigenvalue weighted by Crippen LogP contribution is 2.31. The third-order valence-electron chi connectivity index (χ3n) is 2.91. The Morgan fingerprint density at radius 3 is 3.07 bits per heavy atom. The lowest BCUT2D eigenvalue weighted by molar-refractivity contribution is 0.0440. The Bertz CT molecular complexity index is 324. The van der Waals surface area contributed by atoms with Crippen molar-refractivity contribution in [1.29, 1.82) is 0 Å². The van der Waals surface area contributed by atoms with Crippen molar-refractivity contribution in [3.8, 4) is 0 Å². The molecule has 1 aliphatic carbocycles. The molecule has 0 spiro atoms. The van der Waals surface area contributed by atoms with Crippen LogP contribution in [0.25, 0.3) is 0 Å². The van der Waals surface area contributed by atoms with Crippen molar-refractivity contribution >= 4 is 0 Å². The fraction of sp³-hybridized carbons (Fsp3) is 0.778. The van der Waals surface area contributed by atoms with Crippen LogP contribution >= 0.6 is 0 Å². The van der Waals surface area contributed by atoms with Gasteiger partial charge in [0.05, 0.1) is 5.60 Å². The van der Waals surface area contributed by atoms with Crippen molar-refractivity contribution in [2.45, 2.75) is 37.3 Å². The second kappa shape index (κ2) is 3.33. The van der Waals surface area contributed by atoms with Crippen LogP contribution in [-0.4, -0.2) is 31.5 Å². The molecule has 0 bridgehead atoms. The Morgan fingerprint density at radius 2 is 2.57 bits per heavy atom. The highest BCUT2D eigenvalue weighted by molar-refractivity contribution is 4.99. The van der Waals surface area contributed by atoms with Gasteiger partial charge >= 0.3 is 0 Å². The van der Waals surface area contributed by atoms with Crippen molar-refractivity contribution in [2.24, 2.45) is 12.8 Å². The lowest BCUT2D eigenvalue weighted by Crippen LogP contribution is -2.31. The predicted molar refractivity (Wildman–Crippen MR) is 51.5 cm³/mol. The zero-order valence-electron chi connectivity index (χ0n) is 8.35. The molecule has 5 heteroatoms. The first-order valence-electron chi connectivity index (χ1n) is 4.90. The Morgan fingerprint density at radius 1 is 1.79 bits per heavy atom. The van der Waals surface area contributed by atoms with E-state index in [2.05, 4.69) is 10.1 Å². The Hall–Kier alpha value is -0.940. The van der Waals surface area contributed by atoms with Gasteiger partial charge in [0.2, 0.25) is 0 Å².